The molecule has 5 heteroatoms. The average molecular weight is 275 g/mol. The maximum absolute atomic E-state index is 11.8. The third-order valence-corrected chi connectivity index (χ3v) is 3.07. The molecule has 2 amide bonds. The van der Waals surface area contributed by atoms with Crippen molar-refractivity contribution in [2.45, 2.75) is 32.2 Å². The SMILES string of the molecule is CCCNC(=O)c1cccc(NC(=O)CNC2CC2)c1. The molecule has 0 aliphatic heterocycles. The summed E-state index contributed by atoms with van der Waals surface area (Å²) in [5, 5.41) is 8.76. The van der Waals surface area contributed by atoms with Crippen LogP contribution < -0.4 is 16.0 Å². The molecule has 1 fully saturated rings. The Morgan fingerprint density at radius 3 is 2.80 bits per heavy atom. The van der Waals surface area contributed by atoms with Gasteiger partial charge in [-0.05, 0) is 37.5 Å². The van der Waals surface area contributed by atoms with Crippen molar-refractivity contribution < 1.29 is 9.59 Å². The van der Waals surface area contributed by atoms with Crippen LogP contribution in [0.4, 0.5) is 5.69 Å². The van der Waals surface area contributed by atoms with Crippen LogP contribution in [-0.2, 0) is 4.79 Å². The van der Waals surface area contributed by atoms with E-state index < -0.39 is 0 Å². The lowest BCUT2D eigenvalue weighted by atomic mass is 10.2. The molecular formula is C15H21N3O2. The van der Waals surface area contributed by atoms with Gasteiger partial charge in [-0.15, -0.1) is 0 Å². The Labute approximate surface area is 119 Å². The van der Waals surface area contributed by atoms with Crippen molar-refractivity contribution in [3.63, 3.8) is 0 Å². The van der Waals surface area contributed by atoms with Crippen molar-refractivity contribution in [1.29, 1.82) is 0 Å². The van der Waals surface area contributed by atoms with Gasteiger partial charge in [0.25, 0.3) is 5.91 Å². The van der Waals surface area contributed by atoms with Crippen LogP contribution in [0.15, 0.2) is 24.3 Å². The van der Waals surface area contributed by atoms with E-state index in [2.05, 4.69) is 16.0 Å². The van der Waals surface area contributed by atoms with Gasteiger partial charge in [-0.1, -0.05) is 13.0 Å². The largest absolute Gasteiger partial charge is 0.352 e. The van der Waals surface area contributed by atoms with Crippen LogP contribution in [0.5, 0.6) is 0 Å². The second-order valence-electron chi connectivity index (χ2n) is 5.04. The molecule has 5 nitrogen and oxygen atoms in total. The van der Waals surface area contributed by atoms with E-state index >= 15 is 0 Å². The van der Waals surface area contributed by atoms with Crippen LogP contribution in [0, 0.1) is 0 Å². The molecule has 1 aliphatic carbocycles. The maximum Gasteiger partial charge on any atom is 0.251 e. The zero-order chi connectivity index (χ0) is 14.4. The summed E-state index contributed by atoms with van der Waals surface area (Å²) in [5.74, 6) is -0.193. The predicted octanol–water partition coefficient (Wildman–Crippen LogP) is 1.52. The predicted molar refractivity (Wildman–Crippen MR) is 78.7 cm³/mol. The zero-order valence-electron chi connectivity index (χ0n) is 11.7. The van der Waals surface area contributed by atoms with Crippen LogP contribution in [-0.4, -0.2) is 30.9 Å². The highest BCUT2D eigenvalue weighted by Crippen LogP contribution is 2.18. The fourth-order valence-corrected chi connectivity index (χ4v) is 1.81. The molecule has 0 heterocycles. The van der Waals surface area contributed by atoms with Crippen LogP contribution in [0.3, 0.4) is 0 Å². The smallest absolute Gasteiger partial charge is 0.251 e. The first-order chi connectivity index (χ1) is 9.69. The van der Waals surface area contributed by atoms with Crippen LogP contribution in [0.25, 0.3) is 0 Å². The minimum absolute atomic E-state index is 0.0805. The van der Waals surface area contributed by atoms with Gasteiger partial charge in [-0.25, -0.2) is 0 Å². The molecule has 20 heavy (non-hydrogen) atoms. The number of amides is 2. The van der Waals surface area contributed by atoms with Crippen molar-refractivity contribution >= 4 is 17.5 Å². The van der Waals surface area contributed by atoms with Crippen LogP contribution in [0.1, 0.15) is 36.5 Å². The molecule has 1 aromatic carbocycles. The summed E-state index contributed by atoms with van der Waals surface area (Å²) < 4.78 is 0. The molecule has 108 valence electrons. The summed E-state index contributed by atoms with van der Waals surface area (Å²) in [7, 11) is 0. The van der Waals surface area contributed by atoms with Gasteiger partial charge in [0.2, 0.25) is 5.91 Å². The summed E-state index contributed by atoms with van der Waals surface area (Å²) in [6, 6.07) is 7.49. The molecule has 0 atom stereocenters. The first-order valence-corrected chi connectivity index (χ1v) is 7.10. The fourth-order valence-electron chi connectivity index (χ4n) is 1.81. The highest BCUT2D eigenvalue weighted by atomic mass is 16.2. The highest BCUT2D eigenvalue weighted by molar-refractivity contribution is 5.97. The third kappa shape index (κ3) is 4.66. The number of carbonyl (C=O) groups excluding carboxylic acids is 2. The number of rotatable bonds is 7. The lowest BCUT2D eigenvalue weighted by Crippen LogP contribution is -2.29. The molecule has 0 aromatic heterocycles. The van der Waals surface area contributed by atoms with E-state index in [1.54, 1.807) is 24.3 Å². The Kier molecular flexibility index (Phi) is 5.12. The Morgan fingerprint density at radius 2 is 2.10 bits per heavy atom. The van der Waals surface area contributed by atoms with Gasteiger partial charge in [0.15, 0.2) is 0 Å². The van der Waals surface area contributed by atoms with E-state index in [0.717, 1.165) is 19.3 Å². The van der Waals surface area contributed by atoms with E-state index in [0.29, 0.717) is 30.4 Å². The summed E-state index contributed by atoms with van der Waals surface area (Å²) in [5.41, 5.74) is 1.21. The van der Waals surface area contributed by atoms with Gasteiger partial charge in [0, 0.05) is 23.8 Å². The third-order valence-electron chi connectivity index (χ3n) is 3.07. The standard InChI is InChI=1S/C15H21N3O2/c1-2-8-16-15(20)11-4-3-5-13(9-11)18-14(19)10-17-12-6-7-12/h3-5,9,12,17H,2,6-8,10H2,1H3,(H,16,20)(H,18,19). The van der Waals surface area contributed by atoms with Gasteiger partial charge in [0.1, 0.15) is 0 Å². The van der Waals surface area contributed by atoms with Gasteiger partial charge in [-0.2, -0.15) is 0 Å². The quantitative estimate of drug-likeness (QED) is 0.706. The number of carbonyl (C=O) groups is 2. The molecule has 2 rings (SSSR count). The highest BCUT2D eigenvalue weighted by Gasteiger charge is 2.21. The Morgan fingerprint density at radius 1 is 1.30 bits per heavy atom. The lowest BCUT2D eigenvalue weighted by molar-refractivity contribution is -0.115. The second-order valence-corrected chi connectivity index (χ2v) is 5.04. The van der Waals surface area contributed by atoms with E-state index in [9.17, 15) is 9.59 Å². The van der Waals surface area contributed by atoms with Gasteiger partial charge < -0.3 is 16.0 Å². The van der Waals surface area contributed by atoms with Gasteiger partial charge in [0.05, 0.1) is 6.54 Å². The normalized spacial score (nSPS) is 13.8. The molecule has 1 saturated carbocycles. The number of benzene rings is 1. The maximum atomic E-state index is 11.8. The molecule has 0 saturated heterocycles. The average Bonchev–Trinajstić information content (AvgIpc) is 3.27. The lowest BCUT2D eigenvalue weighted by Gasteiger charge is -2.08. The van der Waals surface area contributed by atoms with Gasteiger partial charge >= 0.3 is 0 Å². The summed E-state index contributed by atoms with van der Waals surface area (Å²) >= 11 is 0. The Bertz CT molecular complexity index is 484. The summed E-state index contributed by atoms with van der Waals surface area (Å²) in [4.78, 5) is 23.6. The van der Waals surface area contributed by atoms with Crippen molar-refractivity contribution in [2.24, 2.45) is 0 Å². The minimum atomic E-state index is -0.112. The topological polar surface area (TPSA) is 70.2 Å². The van der Waals surface area contributed by atoms with Crippen molar-refractivity contribution in [1.82, 2.24) is 10.6 Å². The van der Waals surface area contributed by atoms with Crippen LogP contribution >= 0.6 is 0 Å². The molecule has 0 bridgehead atoms. The van der Waals surface area contributed by atoms with E-state index in [1.807, 2.05) is 6.92 Å². The molecular weight excluding hydrogens is 254 g/mol. The summed E-state index contributed by atoms with van der Waals surface area (Å²) in [6.07, 6.45) is 3.20. The number of hydrogen-bond donors (Lipinski definition) is 3. The van der Waals surface area contributed by atoms with E-state index in [-0.39, 0.29) is 11.8 Å². The second kappa shape index (κ2) is 7.05. The van der Waals surface area contributed by atoms with E-state index in [1.165, 1.54) is 0 Å². The summed E-state index contributed by atoms with van der Waals surface area (Å²) in [6.45, 7) is 2.97. The zero-order valence-corrected chi connectivity index (χ0v) is 11.7. The Balaban J connectivity index is 1.87. The minimum Gasteiger partial charge on any atom is -0.352 e. The number of nitrogens with one attached hydrogen (secondary N) is 3. The number of hydrogen-bond acceptors (Lipinski definition) is 3. The molecule has 0 radical (unpaired) electrons. The molecule has 3 N–H and O–H groups in total. The van der Waals surface area contributed by atoms with E-state index in [4.69, 9.17) is 0 Å². The van der Waals surface area contributed by atoms with Crippen molar-refractivity contribution in [3.05, 3.63) is 29.8 Å². The first-order valence-electron chi connectivity index (χ1n) is 7.10. The monoisotopic (exact) mass is 275 g/mol. The molecule has 1 aliphatic rings. The molecule has 0 unspecified atom stereocenters. The first kappa shape index (κ1) is 14.5. The molecule has 1 aromatic rings. The van der Waals surface area contributed by atoms with Gasteiger partial charge in [-0.3, -0.25) is 9.59 Å². The Hall–Kier alpha value is -1.88. The number of anilines is 1. The fraction of sp³-hybridized carbons (Fsp3) is 0.467. The van der Waals surface area contributed by atoms with Crippen molar-refractivity contribution in [3.8, 4) is 0 Å². The van der Waals surface area contributed by atoms with Crippen LogP contribution in [0.2, 0.25) is 0 Å². The van der Waals surface area contributed by atoms with Crippen molar-refractivity contribution in [2.75, 3.05) is 18.4 Å². The molecule has 0 spiro atoms.